The number of carbonyl (C=O) groups is 3. The molecule has 1 saturated heterocycles. The molecule has 2 atom stereocenters. The van der Waals surface area contributed by atoms with E-state index in [-0.39, 0.29) is 11.5 Å². The molecule has 3 rings (SSSR count). The Labute approximate surface area is 173 Å². The van der Waals surface area contributed by atoms with E-state index in [0.29, 0.717) is 10.6 Å². The number of rotatable bonds is 6. The second kappa shape index (κ2) is 8.22. The lowest BCUT2D eigenvalue weighted by Gasteiger charge is -2.23. The van der Waals surface area contributed by atoms with Gasteiger partial charge in [-0.2, -0.15) is 0 Å². The maximum absolute atomic E-state index is 14.2. The van der Waals surface area contributed by atoms with E-state index in [1.807, 2.05) is 26.0 Å². The predicted octanol–water partition coefficient (Wildman–Crippen LogP) is 3.88. The van der Waals surface area contributed by atoms with E-state index >= 15 is 0 Å². The third-order valence-corrected chi connectivity index (χ3v) is 5.42. The first-order chi connectivity index (χ1) is 14.2. The Hall–Kier alpha value is -3.29. The van der Waals surface area contributed by atoms with Crippen molar-refractivity contribution in [3.63, 3.8) is 0 Å². The zero-order valence-electron chi connectivity index (χ0n) is 17.0. The number of imide groups is 1. The van der Waals surface area contributed by atoms with Crippen LogP contribution < -0.4 is 10.6 Å². The molecule has 0 saturated carbocycles. The molecule has 6 nitrogen and oxygen atoms in total. The van der Waals surface area contributed by atoms with E-state index < -0.39 is 41.6 Å². The van der Waals surface area contributed by atoms with Crippen LogP contribution in [0.15, 0.2) is 42.5 Å². The zero-order chi connectivity index (χ0) is 22.1. The summed E-state index contributed by atoms with van der Waals surface area (Å²) in [5.41, 5.74) is -0.566. The standard InChI is InChI=1S/C22H23F2N3O3/c1-4-13(2)15-7-5-6-8-18(15)25-19(28)12-27-20(29)22(3,26-21(27)30)16-11-14(23)9-10-17(16)24/h5-11,13H,4,12H2,1-3H3,(H,25,28)(H,26,30). The van der Waals surface area contributed by atoms with Gasteiger partial charge in [-0.25, -0.2) is 13.6 Å². The molecule has 0 aliphatic carbocycles. The minimum atomic E-state index is -1.81. The Morgan fingerprint density at radius 1 is 1.20 bits per heavy atom. The first-order valence-electron chi connectivity index (χ1n) is 9.65. The van der Waals surface area contributed by atoms with Gasteiger partial charge in [-0.1, -0.05) is 32.0 Å². The summed E-state index contributed by atoms with van der Waals surface area (Å²) in [5.74, 6) is -2.77. The van der Waals surface area contributed by atoms with Crippen LogP contribution in [0.1, 0.15) is 44.2 Å². The third-order valence-electron chi connectivity index (χ3n) is 5.42. The largest absolute Gasteiger partial charge is 0.325 e. The van der Waals surface area contributed by atoms with Crippen molar-refractivity contribution >= 4 is 23.5 Å². The number of anilines is 1. The van der Waals surface area contributed by atoms with E-state index in [9.17, 15) is 23.2 Å². The average molecular weight is 415 g/mol. The van der Waals surface area contributed by atoms with E-state index in [1.54, 1.807) is 12.1 Å². The van der Waals surface area contributed by atoms with Crippen molar-refractivity contribution in [2.24, 2.45) is 0 Å². The Morgan fingerprint density at radius 3 is 2.60 bits per heavy atom. The number of para-hydroxylation sites is 1. The Morgan fingerprint density at radius 2 is 1.90 bits per heavy atom. The monoisotopic (exact) mass is 415 g/mol. The van der Waals surface area contributed by atoms with Crippen LogP contribution in [-0.4, -0.2) is 29.3 Å². The number of amides is 4. The molecule has 0 aromatic heterocycles. The second-order valence-electron chi connectivity index (χ2n) is 7.52. The smallest absolute Gasteiger partial charge is 0.324 e. The van der Waals surface area contributed by atoms with Gasteiger partial charge in [0.05, 0.1) is 0 Å². The van der Waals surface area contributed by atoms with Gasteiger partial charge in [-0.05, 0) is 49.1 Å². The minimum Gasteiger partial charge on any atom is -0.324 e. The number of nitrogens with zero attached hydrogens (tertiary/aromatic N) is 1. The molecule has 1 aliphatic heterocycles. The summed E-state index contributed by atoms with van der Waals surface area (Å²) < 4.78 is 27.8. The Bertz CT molecular complexity index is 1010. The Kier molecular flexibility index (Phi) is 5.87. The molecular weight excluding hydrogens is 392 g/mol. The van der Waals surface area contributed by atoms with Crippen LogP contribution in [0.5, 0.6) is 0 Å². The molecule has 158 valence electrons. The third kappa shape index (κ3) is 3.90. The highest BCUT2D eigenvalue weighted by atomic mass is 19.1. The topological polar surface area (TPSA) is 78.5 Å². The number of benzene rings is 2. The highest BCUT2D eigenvalue weighted by Gasteiger charge is 2.50. The maximum atomic E-state index is 14.2. The number of halogens is 2. The molecule has 0 bridgehead atoms. The molecule has 2 aromatic rings. The first-order valence-corrected chi connectivity index (χ1v) is 9.65. The number of hydrogen-bond donors (Lipinski definition) is 2. The fourth-order valence-corrected chi connectivity index (χ4v) is 3.50. The van der Waals surface area contributed by atoms with Gasteiger partial charge >= 0.3 is 6.03 Å². The van der Waals surface area contributed by atoms with Crippen LogP contribution in [0.4, 0.5) is 19.3 Å². The Balaban J connectivity index is 1.80. The molecule has 0 spiro atoms. The molecular formula is C22H23F2N3O3. The average Bonchev–Trinajstić information content (AvgIpc) is 2.93. The van der Waals surface area contributed by atoms with Crippen molar-refractivity contribution in [1.82, 2.24) is 10.2 Å². The highest BCUT2D eigenvalue weighted by Crippen LogP contribution is 2.31. The van der Waals surface area contributed by atoms with E-state index in [0.717, 1.165) is 30.2 Å². The summed E-state index contributed by atoms with van der Waals surface area (Å²) >= 11 is 0. The number of hydrogen-bond acceptors (Lipinski definition) is 3. The molecule has 2 N–H and O–H groups in total. The van der Waals surface area contributed by atoms with Gasteiger partial charge in [-0.3, -0.25) is 14.5 Å². The van der Waals surface area contributed by atoms with Gasteiger partial charge in [0.25, 0.3) is 5.91 Å². The molecule has 0 radical (unpaired) electrons. The zero-order valence-corrected chi connectivity index (χ0v) is 17.0. The quantitative estimate of drug-likeness (QED) is 0.703. The SMILES string of the molecule is CCC(C)c1ccccc1NC(=O)CN1C(=O)NC(C)(c2cc(F)ccc2F)C1=O. The lowest BCUT2D eigenvalue weighted by atomic mass is 9.91. The van der Waals surface area contributed by atoms with E-state index in [1.165, 1.54) is 6.92 Å². The fourth-order valence-electron chi connectivity index (χ4n) is 3.50. The summed E-state index contributed by atoms with van der Waals surface area (Å²) in [6.45, 7) is 4.79. The van der Waals surface area contributed by atoms with Gasteiger partial charge in [-0.15, -0.1) is 0 Å². The molecule has 8 heteroatoms. The predicted molar refractivity (Wildman–Crippen MR) is 108 cm³/mol. The van der Waals surface area contributed by atoms with Gasteiger partial charge in [0, 0.05) is 11.3 Å². The van der Waals surface area contributed by atoms with Crippen LogP contribution in [-0.2, 0) is 15.1 Å². The van der Waals surface area contributed by atoms with Gasteiger partial charge < -0.3 is 10.6 Å². The minimum absolute atomic E-state index is 0.206. The lowest BCUT2D eigenvalue weighted by molar-refractivity contribution is -0.133. The van der Waals surface area contributed by atoms with E-state index in [4.69, 9.17) is 0 Å². The molecule has 2 aromatic carbocycles. The molecule has 1 aliphatic rings. The second-order valence-corrected chi connectivity index (χ2v) is 7.52. The molecule has 4 amide bonds. The highest BCUT2D eigenvalue weighted by molar-refractivity contribution is 6.10. The summed E-state index contributed by atoms with van der Waals surface area (Å²) in [6.07, 6.45) is 0.872. The molecule has 30 heavy (non-hydrogen) atoms. The van der Waals surface area contributed by atoms with Crippen molar-refractivity contribution < 1.29 is 23.2 Å². The lowest BCUT2D eigenvalue weighted by Crippen LogP contribution is -2.42. The van der Waals surface area contributed by atoms with Gasteiger partial charge in [0.15, 0.2) is 0 Å². The molecule has 2 unspecified atom stereocenters. The normalized spacial score (nSPS) is 19.6. The number of carbonyl (C=O) groups excluding carboxylic acids is 3. The molecule has 1 fully saturated rings. The van der Waals surface area contributed by atoms with Crippen LogP contribution in [0.2, 0.25) is 0 Å². The molecule has 1 heterocycles. The van der Waals surface area contributed by atoms with Crippen LogP contribution in [0.3, 0.4) is 0 Å². The van der Waals surface area contributed by atoms with Crippen LogP contribution >= 0.6 is 0 Å². The summed E-state index contributed by atoms with van der Waals surface area (Å²) in [6, 6.07) is 9.11. The van der Waals surface area contributed by atoms with Crippen LogP contribution in [0.25, 0.3) is 0 Å². The summed E-state index contributed by atoms with van der Waals surface area (Å²) in [4.78, 5) is 38.5. The van der Waals surface area contributed by atoms with Crippen molar-refractivity contribution in [2.45, 2.75) is 38.6 Å². The van der Waals surface area contributed by atoms with E-state index in [2.05, 4.69) is 10.6 Å². The van der Waals surface area contributed by atoms with Crippen molar-refractivity contribution in [3.8, 4) is 0 Å². The maximum Gasteiger partial charge on any atom is 0.325 e. The van der Waals surface area contributed by atoms with Crippen molar-refractivity contribution in [3.05, 3.63) is 65.2 Å². The fraction of sp³-hybridized carbons (Fsp3) is 0.318. The first kappa shape index (κ1) is 21.4. The van der Waals surface area contributed by atoms with Crippen molar-refractivity contribution in [1.29, 1.82) is 0 Å². The van der Waals surface area contributed by atoms with Gasteiger partial charge in [0.1, 0.15) is 23.7 Å². The van der Waals surface area contributed by atoms with Crippen molar-refractivity contribution in [2.75, 3.05) is 11.9 Å². The van der Waals surface area contributed by atoms with Gasteiger partial charge in [0.2, 0.25) is 5.91 Å². The number of nitrogens with one attached hydrogen (secondary N) is 2. The number of urea groups is 1. The summed E-state index contributed by atoms with van der Waals surface area (Å²) in [7, 11) is 0. The summed E-state index contributed by atoms with van der Waals surface area (Å²) in [5, 5.41) is 5.11. The van der Waals surface area contributed by atoms with Crippen LogP contribution in [0, 0.1) is 11.6 Å².